The summed E-state index contributed by atoms with van der Waals surface area (Å²) in [4.78, 5) is 3.99. The van der Waals surface area contributed by atoms with Gasteiger partial charge in [0, 0.05) is 4.90 Å². The lowest BCUT2D eigenvalue weighted by Gasteiger charge is -2.13. The van der Waals surface area contributed by atoms with Gasteiger partial charge in [0.2, 0.25) is 0 Å². The Morgan fingerprint density at radius 2 is 1.43 bits per heavy atom. The average Bonchev–Trinajstić information content (AvgIpc) is 2.98. The van der Waals surface area contributed by atoms with E-state index in [1.54, 1.807) is 30.3 Å². The molecule has 0 aliphatic heterocycles. The summed E-state index contributed by atoms with van der Waals surface area (Å²) in [6.45, 7) is 0. The molecule has 0 N–H and O–H groups in total. The third-order valence-corrected chi connectivity index (χ3v) is 4.87. The van der Waals surface area contributed by atoms with Crippen molar-refractivity contribution in [3.8, 4) is 5.69 Å². The Balaban J connectivity index is 2.17. The van der Waals surface area contributed by atoms with Crippen molar-refractivity contribution in [1.82, 2.24) is 14.8 Å². The zero-order chi connectivity index (χ0) is 20.7. The molecular weight excluding hydrogens is 451 g/mol. The summed E-state index contributed by atoms with van der Waals surface area (Å²) in [5.41, 5.74) is -1.47. The summed E-state index contributed by atoms with van der Waals surface area (Å²) in [6, 6.07) is 9.39. The lowest BCUT2D eigenvalue weighted by atomic mass is 10.2. The van der Waals surface area contributed by atoms with Gasteiger partial charge in [0.15, 0.2) is 5.16 Å². The molecule has 0 saturated heterocycles. The van der Waals surface area contributed by atoms with Gasteiger partial charge in [-0.15, -0.1) is 5.10 Å². The molecule has 12 heteroatoms. The predicted octanol–water partition coefficient (Wildman–Crippen LogP) is 6.76. The molecule has 0 amide bonds. The first-order valence-corrected chi connectivity index (χ1v) is 8.88. The Morgan fingerprint density at radius 3 is 1.93 bits per heavy atom. The molecular formula is C16H7Cl2F6N3S. The molecule has 0 atom stereocenters. The first kappa shape index (κ1) is 20.8. The van der Waals surface area contributed by atoms with Gasteiger partial charge in [0.05, 0.1) is 15.6 Å². The fourth-order valence-electron chi connectivity index (χ4n) is 2.16. The molecule has 0 saturated carbocycles. The molecule has 0 radical (unpaired) electrons. The molecule has 0 spiro atoms. The molecule has 0 bridgehead atoms. The van der Waals surface area contributed by atoms with Crippen LogP contribution in [0.15, 0.2) is 52.5 Å². The van der Waals surface area contributed by atoms with Crippen LogP contribution in [0.3, 0.4) is 0 Å². The maximum absolute atomic E-state index is 13.1. The van der Waals surface area contributed by atoms with Crippen LogP contribution in [0, 0.1) is 0 Å². The Morgan fingerprint density at radius 1 is 0.857 bits per heavy atom. The van der Waals surface area contributed by atoms with Gasteiger partial charge in [-0.05, 0) is 36.0 Å². The fraction of sp³-hybridized carbons (Fsp3) is 0.125. The number of hydrogen-bond acceptors (Lipinski definition) is 3. The topological polar surface area (TPSA) is 30.7 Å². The van der Waals surface area contributed by atoms with Crippen molar-refractivity contribution >= 4 is 35.0 Å². The van der Waals surface area contributed by atoms with Crippen LogP contribution in [0.5, 0.6) is 0 Å². The molecule has 0 unspecified atom stereocenters. The molecule has 0 aliphatic carbocycles. The zero-order valence-corrected chi connectivity index (χ0v) is 15.6. The Hall–Kier alpha value is -1.91. The van der Waals surface area contributed by atoms with E-state index in [4.69, 9.17) is 23.2 Å². The smallest absolute Gasteiger partial charge is 0.204 e. The fourth-order valence-corrected chi connectivity index (χ4v) is 3.66. The van der Waals surface area contributed by atoms with Crippen LogP contribution in [0.1, 0.15) is 11.4 Å². The van der Waals surface area contributed by atoms with Crippen LogP contribution in [-0.4, -0.2) is 14.8 Å². The van der Waals surface area contributed by atoms with Crippen LogP contribution < -0.4 is 0 Å². The minimum atomic E-state index is -4.87. The Kier molecular flexibility index (Phi) is 5.57. The van der Waals surface area contributed by atoms with E-state index in [1.165, 1.54) is 0 Å². The van der Waals surface area contributed by atoms with E-state index in [2.05, 4.69) is 10.1 Å². The van der Waals surface area contributed by atoms with E-state index < -0.39 is 33.8 Å². The molecule has 1 aromatic heterocycles. The second-order valence-corrected chi connectivity index (χ2v) is 7.18. The lowest BCUT2D eigenvalue weighted by molar-refractivity contribution is -0.145. The molecule has 3 nitrogen and oxygen atoms in total. The number of rotatable bonds is 3. The molecule has 0 aliphatic rings. The summed E-state index contributed by atoms with van der Waals surface area (Å²) in [5, 5.41) is 2.07. The molecule has 148 valence electrons. The monoisotopic (exact) mass is 457 g/mol. The van der Waals surface area contributed by atoms with E-state index in [9.17, 15) is 26.3 Å². The Bertz CT molecular complexity index is 979. The molecule has 28 heavy (non-hydrogen) atoms. The summed E-state index contributed by atoms with van der Waals surface area (Å²) < 4.78 is 78.7. The normalized spacial score (nSPS) is 12.4. The van der Waals surface area contributed by atoms with Crippen molar-refractivity contribution in [2.24, 2.45) is 0 Å². The number of nitrogens with zero attached hydrogens (tertiary/aromatic N) is 3. The molecule has 1 heterocycles. The summed E-state index contributed by atoms with van der Waals surface area (Å²) in [5.74, 6) is -1.47. The van der Waals surface area contributed by atoms with Crippen molar-refractivity contribution in [1.29, 1.82) is 0 Å². The van der Waals surface area contributed by atoms with E-state index in [-0.39, 0.29) is 10.8 Å². The number of aromatic nitrogens is 3. The van der Waals surface area contributed by atoms with Crippen LogP contribution in [0.2, 0.25) is 10.0 Å². The standard InChI is InChI=1S/C16H7Cl2F6N3S/c17-10-6-8(15(19,20)21)7-11(18)12(10)27-14(25-13(26-27)16(22,23)24)28-9-4-2-1-3-5-9/h1-7H. The SMILES string of the molecule is FC(F)(F)c1cc(Cl)c(-n2nc(C(F)(F)F)nc2Sc2ccccc2)c(Cl)c1. The summed E-state index contributed by atoms with van der Waals surface area (Å²) >= 11 is 12.6. The summed E-state index contributed by atoms with van der Waals surface area (Å²) in [7, 11) is 0. The van der Waals surface area contributed by atoms with Crippen LogP contribution in [0.4, 0.5) is 26.3 Å². The second-order valence-electron chi connectivity index (χ2n) is 5.33. The maximum atomic E-state index is 13.1. The van der Waals surface area contributed by atoms with Gasteiger partial charge in [-0.25, -0.2) is 4.68 Å². The van der Waals surface area contributed by atoms with Gasteiger partial charge < -0.3 is 0 Å². The average molecular weight is 458 g/mol. The quantitative estimate of drug-likeness (QED) is 0.407. The van der Waals surface area contributed by atoms with E-state index in [0.29, 0.717) is 21.7 Å². The zero-order valence-electron chi connectivity index (χ0n) is 13.3. The molecule has 3 rings (SSSR count). The van der Waals surface area contributed by atoms with Gasteiger partial charge >= 0.3 is 12.4 Å². The number of alkyl halides is 6. The first-order valence-electron chi connectivity index (χ1n) is 7.30. The molecule has 0 fully saturated rings. The Labute approximate surface area is 168 Å². The third-order valence-electron chi connectivity index (χ3n) is 3.34. The minimum Gasteiger partial charge on any atom is -0.204 e. The largest absolute Gasteiger partial charge is 0.453 e. The van der Waals surface area contributed by atoms with Gasteiger partial charge in [0.1, 0.15) is 5.69 Å². The van der Waals surface area contributed by atoms with E-state index in [1.807, 2.05) is 0 Å². The van der Waals surface area contributed by atoms with Crippen LogP contribution in [0.25, 0.3) is 5.69 Å². The minimum absolute atomic E-state index is 0.262. The van der Waals surface area contributed by atoms with Crippen molar-refractivity contribution in [2.45, 2.75) is 22.4 Å². The maximum Gasteiger partial charge on any atom is 0.453 e. The number of hydrogen-bond donors (Lipinski definition) is 0. The van der Waals surface area contributed by atoms with Gasteiger partial charge in [-0.1, -0.05) is 41.4 Å². The van der Waals surface area contributed by atoms with Crippen LogP contribution in [-0.2, 0) is 12.4 Å². The highest BCUT2D eigenvalue weighted by Crippen LogP contribution is 2.40. The molecule has 2 aromatic carbocycles. The van der Waals surface area contributed by atoms with Gasteiger partial charge in [-0.3, -0.25) is 0 Å². The van der Waals surface area contributed by atoms with Gasteiger partial charge in [0.25, 0.3) is 5.82 Å². The lowest BCUT2D eigenvalue weighted by Crippen LogP contribution is -2.10. The predicted molar refractivity (Wildman–Crippen MR) is 91.9 cm³/mol. The summed E-state index contributed by atoms with van der Waals surface area (Å²) in [6.07, 6.45) is -9.60. The van der Waals surface area contributed by atoms with Crippen LogP contribution >= 0.6 is 35.0 Å². The first-order chi connectivity index (χ1) is 13.0. The highest BCUT2D eigenvalue weighted by atomic mass is 35.5. The van der Waals surface area contributed by atoms with Crippen molar-refractivity contribution in [3.05, 3.63) is 63.9 Å². The number of halogens is 8. The highest BCUT2D eigenvalue weighted by molar-refractivity contribution is 7.99. The second kappa shape index (κ2) is 7.49. The van der Waals surface area contributed by atoms with Gasteiger partial charge in [-0.2, -0.15) is 31.3 Å². The highest BCUT2D eigenvalue weighted by Gasteiger charge is 2.38. The number of benzene rings is 2. The third kappa shape index (κ3) is 4.39. The van der Waals surface area contributed by atoms with Crippen molar-refractivity contribution in [3.63, 3.8) is 0 Å². The van der Waals surface area contributed by atoms with Crippen molar-refractivity contribution < 1.29 is 26.3 Å². The van der Waals surface area contributed by atoms with E-state index in [0.717, 1.165) is 11.8 Å². The van der Waals surface area contributed by atoms with E-state index >= 15 is 0 Å². The van der Waals surface area contributed by atoms with Crippen molar-refractivity contribution in [2.75, 3.05) is 0 Å². The molecule has 3 aromatic rings.